The van der Waals surface area contributed by atoms with E-state index in [0.717, 1.165) is 38.1 Å². The normalized spacial score (nSPS) is 20.6. The van der Waals surface area contributed by atoms with Crippen LogP contribution in [0.2, 0.25) is 0 Å². The van der Waals surface area contributed by atoms with E-state index in [0.29, 0.717) is 18.0 Å². The maximum absolute atomic E-state index is 12.7. The molecule has 0 saturated carbocycles. The van der Waals surface area contributed by atoms with Crippen molar-refractivity contribution in [2.24, 2.45) is 5.92 Å². The Labute approximate surface area is 125 Å². The van der Waals surface area contributed by atoms with Gasteiger partial charge in [0.1, 0.15) is 5.52 Å². The van der Waals surface area contributed by atoms with Gasteiger partial charge in [-0.15, -0.1) is 0 Å². The van der Waals surface area contributed by atoms with Gasteiger partial charge in [-0.25, -0.2) is 4.98 Å². The van der Waals surface area contributed by atoms with Gasteiger partial charge in [0, 0.05) is 13.2 Å². The quantitative estimate of drug-likeness (QED) is 0.946. The third kappa shape index (κ3) is 3.25. The fourth-order valence-corrected chi connectivity index (χ4v) is 2.85. The highest BCUT2D eigenvalue weighted by molar-refractivity contribution is 5.73. The molecule has 1 atom stereocenters. The highest BCUT2D eigenvalue weighted by Crippen LogP contribution is 2.31. The molecule has 2 aromatic rings. The van der Waals surface area contributed by atoms with E-state index >= 15 is 0 Å². The number of halogens is 3. The minimum absolute atomic E-state index is 0.152. The summed E-state index contributed by atoms with van der Waals surface area (Å²) in [6.07, 6.45) is -2.40. The van der Waals surface area contributed by atoms with E-state index in [2.05, 4.69) is 9.88 Å². The monoisotopic (exact) mass is 314 g/mol. The Morgan fingerprint density at radius 1 is 1.36 bits per heavy atom. The van der Waals surface area contributed by atoms with Crippen molar-refractivity contribution in [2.75, 3.05) is 19.7 Å². The second-order valence-electron chi connectivity index (χ2n) is 5.71. The third-order valence-corrected chi connectivity index (χ3v) is 3.98. The number of hydrogen-bond acceptors (Lipinski definition) is 4. The molecule has 0 aliphatic carbocycles. The number of likely N-dealkylation sites (tertiary alicyclic amines) is 1. The molecule has 0 bridgehead atoms. The summed E-state index contributed by atoms with van der Waals surface area (Å²) >= 11 is 0. The van der Waals surface area contributed by atoms with Crippen LogP contribution < -0.4 is 0 Å². The lowest BCUT2D eigenvalue weighted by Gasteiger charge is -2.30. The zero-order valence-electron chi connectivity index (χ0n) is 11.9. The molecule has 4 nitrogen and oxygen atoms in total. The molecule has 1 aromatic heterocycles. The first-order valence-electron chi connectivity index (χ1n) is 7.25. The molecule has 1 saturated heterocycles. The maximum Gasteiger partial charge on any atom is 0.416 e. The van der Waals surface area contributed by atoms with Gasteiger partial charge >= 0.3 is 6.18 Å². The standard InChI is InChI=1S/C15H17F3N2O2/c16-15(17,18)11-3-4-13-12(6-11)19-14(22-13)8-20-5-1-2-10(7-20)9-21/h3-4,6,10,21H,1-2,5,7-9H2. The van der Waals surface area contributed by atoms with Crippen molar-refractivity contribution < 1.29 is 22.7 Å². The number of aliphatic hydroxyl groups is 1. The molecule has 22 heavy (non-hydrogen) atoms. The molecule has 1 fully saturated rings. The largest absolute Gasteiger partial charge is 0.439 e. The molecular formula is C15H17F3N2O2. The molecule has 120 valence electrons. The second-order valence-corrected chi connectivity index (χ2v) is 5.71. The number of rotatable bonds is 3. The predicted molar refractivity (Wildman–Crippen MR) is 74.1 cm³/mol. The van der Waals surface area contributed by atoms with Crippen LogP contribution in [0.5, 0.6) is 0 Å². The molecule has 2 heterocycles. The Bertz CT molecular complexity index is 654. The van der Waals surface area contributed by atoms with Crippen LogP contribution in [0, 0.1) is 5.92 Å². The number of aromatic nitrogens is 1. The lowest BCUT2D eigenvalue weighted by Crippen LogP contribution is -2.36. The first kappa shape index (κ1) is 15.3. The van der Waals surface area contributed by atoms with Gasteiger partial charge in [0.05, 0.1) is 12.1 Å². The zero-order valence-corrected chi connectivity index (χ0v) is 11.9. The summed E-state index contributed by atoms with van der Waals surface area (Å²) < 4.78 is 43.6. The Morgan fingerprint density at radius 3 is 2.91 bits per heavy atom. The Kier molecular flexibility index (Phi) is 4.10. The Hall–Kier alpha value is -1.60. The van der Waals surface area contributed by atoms with Gasteiger partial charge in [-0.3, -0.25) is 4.90 Å². The first-order chi connectivity index (χ1) is 10.5. The van der Waals surface area contributed by atoms with E-state index in [-0.39, 0.29) is 18.0 Å². The van der Waals surface area contributed by atoms with Gasteiger partial charge in [-0.1, -0.05) is 0 Å². The van der Waals surface area contributed by atoms with E-state index in [4.69, 9.17) is 4.42 Å². The SMILES string of the molecule is OCC1CCCN(Cc2nc3cc(C(F)(F)F)ccc3o2)C1. The van der Waals surface area contributed by atoms with Crippen molar-refractivity contribution in [3.63, 3.8) is 0 Å². The fourth-order valence-electron chi connectivity index (χ4n) is 2.85. The molecule has 1 aliphatic rings. The molecule has 0 amide bonds. The van der Waals surface area contributed by atoms with Crippen LogP contribution in [0.15, 0.2) is 22.6 Å². The summed E-state index contributed by atoms with van der Waals surface area (Å²) in [5, 5.41) is 9.22. The van der Waals surface area contributed by atoms with E-state index in [1.165, 1.54) is 6.07 Å². The summed E-state index contributed by atoms with van der Waals surface area (Å²) in [5.41, 5.74) is -0.141. The van der Waals surface area contributed by atoms with Crippen molar-refractivity contribution in [1.29, 1.82) is 0 Å². The lowest BCUT2D eigenvalue weighted by molar-refractivity contribution is -0.137. The van der Waals surface area contributed by atoms with E-state index < -0.39 is 11.7 Å². The highest BCUT2D eigenvalue weighted by atomic mass is 19.4. The number of piperidine rings is 1. The van der Waals surface area contributed by atoms with Crippen LogP contribution >= 0.6 is 0 Å². The van der Waals surface area contributed by atoms with Crippen LogP contribution in [0.25, 0.3) is 11.1 Å². The molecule has 0 spiro atoms. The van der Waals surface area contributed by atoms with Crippen LogP contribution in [0.1, 0.15) is 24.3 Å². The summed E-state index contributed by atoms with van der Waals surface area (Å²) in [7, 11) is 0. The lowest BCUT2D eigenvalue weighted by atomic mass is 9.99. The van der Waals surface area contributed by atoms with Crippen molar-refractivity contribution in [3.05, 3.63) is 29.7 Å². The van der Waals surface area contributed by atoms with Crippen LogP contribution in [-0.2, 0) is 12.7 Å². The molecule has 1 N–H and O–H groups in total. The number of fused-ring (bicyclic) bond motifs is 1. The molecule has 1 aliphatic heterocycles. The third-order valence-electron chi connectivity index (χ3n) is 3.98. The minimum Gasteiger partial charge on any atom is -0.439 e. The summed E-state index contributed by atoms with van der Waals surface area (Å²) in [5.74, 6) is 0.655. The molecule has 7 heteroatoms. The number of aliphatic hydroxyl groups excluding tert-OH is 1. The number of hydrogen-bond donors (Lipinski definition) is 1. The van der Waals surface area contributed by atoms with Gasteiger partial charge in [0.2, 0.25) is 5.89 Å². The summed E-state index contributed by atoms with van der Waals surface area (Å²) in [6, 6.07) is 3.32. The number of nitrogens with zero attached hydrogens (tertiary/aromatic N) is 2. The molecule has 1 aromatic carbocycles. The minimum atomic E-state index is -4.38. The number of benzene rings is 1. The van der Waals surface area contributed by atoms with Gasteiger partial charge < -0.3 is 9.52 Å². The van der Waals surface area contributed by atoms with Crippen molar-refractivity contribution in [1.82, 2.24) is 9.88 Å². The zero-order chi connectivity index (χ0) is 15.7. The average molecular weight is 314 g/mol. The highest BCUT2D eigenvalue weighted by Gasteiger charge is 2.31. The topological polar surface area (TPSA) is 49.5 Å². The van der Waals surface area contributed by atoms with Gasteiger partial charge in [0.15, 0.2) is 5.58 Å². The van der Waals surface area contributed by atoms with Crippen molar-refractivity contribution in [3.8, 4) is 0 Å². The molecule has 3 rings (SSSR count). The molecule has 0 radical (unpaired) electrons. The van der Waals surface area contributed by atoms with Gasteiger partial charge in [-0.2, -0.15) is 13.2 Å². The smallest absolute Gasteiger partial charge is 0.416 e. The number of alkyl halides is 3. The molecule has 1 unspecified atom stereocenters. The predicted octanol–water partition coefficient (Wildman–Crippen LogP) is 3.05. The fraction of sp³-hybridized carbons (Fsp3) is 0.533. The van der Waals surface area contributed by atoms with Crippen LogP contribution in [-0.4, -0.2) is 34.7 Å². The summed E-state index contributed by atoms with van der Waals surface area (Å²) in [4.78, 5) is 6.27. The van der Waals surface area contributed by atoms with Gasteiger partial charge in [-0.05, 0) is 43.5 Å². The Morgan fingerprint density at radius 2 is 2.18 bits per heavy atom. The summed E-state index contributed by atoms with van der Waals surface area (Å²) in [6.45, 7) is 2.23. The maximum atomic E-state index is 12.7. The van der Waals surface area contributed by atoms with Crippen LogP contribution in [0.3, 0.4) is 0 Å². The van der Waals surface area contributed by atoms with E-state index in [9.17, 15) is 18.3 Å². The van der Waals surface area contributed by atoms with Crippen LogP contribution in [0.4, 0.5) is 13.2 Å². The van der Waals surface area contributed by atoms with E-state index in [1.54, 1.807) is 0 Å². The Balaban J connectivity index is 1.77. The average Bonchev–Trinajstić information content (AvgIpc) is 2.87. The molecular weight excluding hydrogens is 297 g/mol. The van der Waals surface area contributed by atoms with Crippen molar-refractivity contribution >= 4 is 11.1 Å². The van der Waals surface area contributed by atoms with Gasteiger partial charge in [0.25, 0.3) is 0 Å². The first-order valence-corrected chi connectivity index (χ1v) is 7.25. The number of oxazole rings is 1. The second kappa shape index (κ2) is 5.89. The van der Waals surface area contributed by atoms with Crippen molar-refractivity contribution in [2.45, 2.75) is 25.6 Å². The van der Waals surface area contributed by atoms with E-state index in [1.807, 2.05) is 0 Å².